The average molecular weight is 505 g/mol. The predicted octanol–water partition coefficient (Wildman–Crippen LogP) is 6.26. The Kier molecular flexibility index (Phi) is 8.09. The fourth-order valence-electron chi connectivity index (χ4n) is 4.97. The fraction of sp³-hybridized carbons (Fsp3) is 0.536. The van der Waals surface area contributed by atoms with Crippen molar-refractivity contribution in [3.8, 4) is 0 Å². The van der Waals surface area contributed by atoms with E-state index in [1.807, 2.05) is 48.5 Å². The van der Waals surface area contributed by atoms with Crippen molar-refractivity contribution in [3.05, 3.63) is 69.7 Å². The molecule has 2 aromatic rings. The van der Waals surface area contributed by atoms with Crippen LogP contribution in [0.25, 0.3) is 0 Å². The van der Waals surface area contributed by atoms with Gasteiger partial charge in [-0.3, -0.25) is 4.79 Å². The van der Waals surface area contributed by atoms with Crippen LogP contribution < -0.4 is 16.4 Å². The zero-order valence-corrected chi connectivity index (χ0v) is 22.7. The number of carbonyl (C=O) groups excluding carboxylic acids is 1. The van der Waals surface area contributed by atoms with Crippen molar-refractivity contribution >= 4 is 29.1 Å². The highest BCUT2D eigenvalue weighted by atomic mass is 35.5. The predicted molar refractivity (Wildman–Crippen MR) is 143 cm³/mol. The molecule has 0 bridgehead atoms. The van der Waals surface area contributed by atoms with Crippen molar-refractivity contribution in [2.24, 2.45) is 16.6 Å². The number of hydrogen-bond acceptors (Lipinski definition) is 3. The molecule has 1 heterocycles. The lowest BCUT2D eigenvalue weighted by atomic mass is 9.68. The van der Waals surface area contributed by atoms with Crippen LogP contribution in [0, 0.1) is 10.8 Å². The highest BCUT2D eigenvalue weighted by Crippen LogP contribution is 2.48. The molecule has 0 saturated carbocycles. The molecule has 0 spiro atoms. The maximum atomic E-state index is 13.6. The first kappa shape index (κ1) is 27.0. The number of hydrogen-bond donors (Lipinski definition) is 3. The Morgan fingerprint density at radius 3 is 2.21 bits per heavy atom. The monoisotopic (exact) mass is 503 g/mol. The molecule has 4 N–H and O–H groups in total. The van der Waals surface area contributed by atoms with Crippen LogP contribution in [0.3, 0.4) is 0 Å². The fourth-order valence-corrected chi connectivity index (χ4v) is 5.29. The summed E-state index contributed by atoms with van der Waals surface area (Å²) in [6.45, 7) is 13.7. The van der Waals surface area contributed by atoms with Gasteiger partial charge in [-0.15, -0.1) is 0 Å². The topological polar surface area (TPSA) is 67.2 Å². The van der Waals surface area contributed by atoms with Crippen molar-refractivity contribution in [2.75, 3.05) is 6.54 Å². The molecule has 1 fully saturated rings. The van der Waals surface area contributed by atoms with Gasteiger partial charge in [-0.25, -0.2) is 0 Å². The van der Waals surface area contributed by atoms with Gasteiger partial charge in [-0.1, -0.05) is 89.0 Å². The van der Waals surface area contributed by atoms with Gasteiger partial charge in [0.1, 0.15) is 0 Å². The average Bonchev–Trinajstić information content (AvgIpc) is 2.99. The van der Waals surface area contributed by atoms with E-state index < -0.39 is 11.6 Å². The zero-order valence-electron chi connectivity index (χ0n) is 21.2. The second kappa shape index (κ2) is 10.2. The molecule has 2 aromatic carbocycles. The van der Waals surface area contributed by atoms with E-state index in [-0.39, 0.29) is 28.7 Å². The van der Waals surface area contributed by atoms with Gasteiger partial charge < -0.3 is 16.4 Å². The van der Waals surface area contributed by atoms with Crippen LogP contribution >= 0.6 is 23.2 Å². The molecule has 4 atom stereocenters. The summed E-state index contributed by atoms with van der Waals surface area (Å²) < 4.78 is 0. The third-order valence-corrected chi connectivity index (χ3v) is 7.12. The lowest BCUT2D eigenvalue weighted by molar-refractivity contribution is -0.123. The summed E-state index contributed by atoms with van der Waals surface area (Å²) in [5, 5.41) is 8.10. The summed E-state index contributed by atoms with van der Waals surface area (Å²) in [6, 6.07) is 14.8. The second-order valence-electron chi connectivity index (χ2n) is 12.0. The normalized spacial score (nSPS) is 25.4. The second-order valence-corrected chi connectivity index (χ2v) is 12.9. The van der Waals surface area contributed by atoms with Crippen LogP contribution in [0.5, 0.6) is 0 Å². The van der Waals surface area contributed by atoms with E-state index in [1.54, 1.807) is 0 Å². The Balaban J connectivity index is 2.09. The number of nitrogens with one attached hydrogen (secondary N) is 2. The van der Waals surface area contributed by atoms with Gasteiger partial charge in [-0.2, -0.15) is 0 Å². The van der Waals surface area contributed by atoms with Gasteiger partial charge in [0.2, 0.25) is 5.91 Å². The Morgan fingerprint density at radius 2 is 1.65 bits per heavy atom. The number of rotatable bonds is 6. The minimum atomic E-state index is -0.839. The van der Waals surface area contributed by atoms with Crippen LogP contribution in [0.4, 0.5) is 0 Å². The summed E-state index contributed by atoms with van der Waals surface area (Å²) in [4.78, 5) is 13.6. The minimum absolute atomic E-state index is 0.00515. The maximum Gasteiger partial charge on any atom is 0.237 e. The number of carbonyl (C=O) groups is 1. The standard InChI is InChI=1S/C28H39Cl2N3O/c1-26(2,3)14-15-32-25(34)24-23(18-8-7-9-21(30)16-18)28(31,19-10-12-20(29)13-11-19)22(33-24)17-27(4,5)6/h7-13,16,22-24,33H,14-15,17,31H2,1-6H3,(H,32,34)/t22-,23-,24+,28+/m0/s1. The van der Waals surface area contributed by atoms with Gasteiger partial charge in [0.05, 0.1) is 11.6 Å². The molecule has 4 nitrogen and oxygen atoms in total. The van der Waals surface area contributed by atoms with E-state index >= 15 is 0 Å². The SMILES string of the molecule is CC(C)(C)CCNC(=O)[C@@H]1N[C@@H](CC(C)(C)C)[C@](N)(c2ccc(Cl)cc2)[C@H]1c1cccc(Cl)c1. The van der Waals surface area contributed by atoms with Gasteiger partial charge in [-0.05, 0) is 59.1 Å². The summed E-state index contributed by atoms with van der Waals surface area (Å²) in [7, 11) is 0. The van der Waals surface area contributed by atoms with Crippen LogP contribution in [-0.2, 0) is 10.3 Å². The molecular formula is C28H39Cl2N3O. The van der Waals surface area contributed by atoms with Crippen molar-refractivity contribution < 1.29 is 4.79 Å². The molecule has 186 valence electrons. The van der Waals surface area contributed by atoms with Crippen molar-refractivity contribution in [1.29, 1.82) is 0 Å². The maximum absolute atomic E-state index is 13.6. The highest BCUT2D eigenvalue weighted by Gasteiger charge is 2.56. The quantitative estimate of drug-likeness (QED) is 0.435. The lowest BCUT2D eigenvalue weighted by Gasteiger charge is -2.39. The van der Waals surface area contributed by atoms with Crippen LogP contribution in [0.15, 0.2) is 48.5 Å². The Bertz CT molecular complexity index is 994. The molecule has 1 amide bonds. The molecule has 6 heteroatoms. The highest BCUT2D eigenvalue weighted by molar-refractivity contribution is 6.30. The lowest BCUT2D eigenvalue weighted by Crippen LogP contribution is -2.51. The van der Waals surface area contributed by atoms with E-state index in [9.17, 15) is 4.79 Å². The van der Waals surface area contributed by atoms with Crippen molar-refractivity contribution in [1.82, 2.24) is 10.6 Å². The van der Waals surface area contributed by atoms with Crippen molar-refractivity contribution in [2.45, 2.75) is 77.9 Å². The molecule has 0 aliphatic carbocycles. The number of nitrogens with two attached hydrogens (primary N) is 1. The number of benzene rings is 2. The molecule has 0 unspecified atom stereocenters. The van der Waals surface area contributed by atoms with Crippen molar-refractivity contribution in [3.63, 3.8) is 0 Å². The Morgan fingerprint density at radius 1 is 1.00 bits per heavy atom. The van der Waals surface area contributed by atoms with Crippen LogP contribution in [0.2, 0.25) is 10.0 Å². The van der Waals surface area contributed by atoms with Crippen LogP contribution in [-0.4, -0.2) is 24.5 Å². The molecule has 0 radical (unpaired) electrons. The van der Waals surface area contributed by atoms with E-state index in [0.29, 0.717) is 16.6 Å². The summed E-state index contributed by atoms with van der Waals surface area (Å²) >= 11 is 12.6. The largest absolute Gasteiger partial charge is 0.355 e. The summed E-state index contributed by atoms with van der Waals surface area (Å²) in [6.07, 6.45) is 1.69. The summed E-state index contributed by atoms with van der Waals surface area (Å²) in [5.41, 5.74) is 8.61. The molecular weight excluding hydrogens is 465 g/mol. The zero-order chi connectivity index (χ0) is 25.3. The third kappa shape index (κ3) is 6.34. The van der Waals surface area contributed by atoms with E-state index in [0.717, 1.165) is 24.0 Å². The smallest absolute Gasteiger partial charge is 0.237 e. The molecule has 0 aromatic heterocycles. The Labute approximate surface area is 215 Å². The van der Waals surface area contributed by atoms with E-state index in [4.69, 9.17) is 28.9 Å². The van der Waals surface area contributed by atoms with E-state index in [2.05, 4.69) is 52.2 Å². The van der Waals surface area contributed by atoms with Crippen LogP contribution in [0.1, 0.15) is 71.4 Å². The molecule has 34 heavy (non-hydrogen) atoms. The third-order valence-electron chi connectivity index (χ3n) is 6.63. The number of halogens is 2. The Hall–Kier alpha value is -1.59. The molecule has 1 saturated heterocycles. The first-order chi connectivity index (χ1) is 15.7. The first-order valence-electron chi connectivity index (χ1n) is 12.0. The van der Waals surface area contributed by atoms with Gasteiger partial charge in [0.15, 0.2) is 0 Å². The minimum Gasteiger partial charge on any atom is -0.355 e. The van der Waals surface area contributed by atoms with E-state index in [1.165, 1.54) is 0 Å². The molecule has 1 aliphatic rings. The van der Waals surface area contributed by atoms with Gasteiger partial charge >= 0.3 is 0 Å². The molecule has 3 rings (SSSR count). The number of amides is 1. The van der Waals surface area contributed by atoms with Gasteiger partial charge in [0, 0.05) is 28.5 Å². The first-order valence-corrected chi connectivity index (χ1v) is 12.8. The molecule has 1 aliphatic heterocycles. The summed E-state index contributed by atoms with van der Waals surface area (Å²) in [5.74, 6) is -0.344. The van der Waals surface area contributed by atoms with Gasteiger partial charge in [0.25, 0.3) is 0 Å².